The van der Waals surface area contributed by atoms with Crippen LogP contribution in [0.2, 0.25) is 0 Å². The Hall–Kier alpha value is -3.28. The van der Waals surface area contributed by atoms with Gasteiger partial charge in [-0.05, 0) is 67.1 Å². The molecule has 6 heteroatoms. The summed E-state index contributed by atoms with van der Waals surface area (Å²) < 4.78 is 17.4. The normalized spacial score (nSPS) is 15.5. The number of aryl methyl sites for hydroxylation is 2. The highest BCUT2D eigenvalue weighted by Gasteiger charge is 2.41. The smallest absolute Gasteiger partial charge is 0.290 e. The van der Waals surface area contributed by atoms with Crippen molar-refractivity contribution in [1.29, 1.82) is 0 Å². The summed E-state index contributed by atoms with van der Waals surface area (Å²) in [5, 5.41) is 0.487. The van der Waals surface area contributed by atoms with Crippen LogP contribution in [-0.2, 0) is 0 Å². The van der Waals surface area contributed by atoms with Gasteiger partial charge >= 0.3 is 0 Å². The van der Waals surface area contributed by atoms with Crippen molar-refractivity contribution in [2.75, 3.05) is 20.8 Å². The van der Waals surface area contributed by atoms with Crippen LogP contribution in [0.1, 0.15) is 59.1 Å². The molecule has 1 aliphatic rings. The molecule has 1 amide bonds. The van der Waals surface area contributed by atoms with Crippen molar-refractivity contribution in [3.05, 3.63) is 68.6 Å². The van der Waals surface area contributed by atoms with E-state index in [0.717, 1.165) is 23.1 Å². The minimum atomic E-state index is -0.557. The van der Waals surface area contributed by atoms with Crippen molar-refractivity contribution < 1.29 is 18.7 Å². The fourth-order valence-corrected chi connectivity index (χ4v) is 4.11. The Bertz CT molecular complexity index is 1260. The molecule has 0 spiro atoms. The molecule has 0 radical (unpaired) electrons. The second-order valence-electron chi connectivity index (χ2n) is 8.87. The van der Waals surface area contributed by atoms with Gasteiger partial charge in [0, 0.05) is 7.05 Å². The third-order valence-electron chi connectivity index (χ3n) is 6.17. The predicted molar refractivity (Wildman–Crippen MR) is 124 cm³/mol. The first kappa shape index (κ1) is 21.9. The first-order valence-corrected chi connectivity index (χ1v) is 10.9. The number of methoxy groups -OCH3 is 1. The van der Waals surface area contributed by atoms with Gasteiger partial charge in [0.15, 0.2) is 16.9 Å². The van der Waals surface area contributed by atoms with Crippen LogP contribution in [0.5, 0.6) is 11.5 Å². The van der Waals surface area contributed by atoms with Crippen LogP contribution in [-0.4, -0.2) is 31.6 Å². The molecule has 2 aromatic carbocycles. The maximum Gasteiger partial charge on any atom is 0.290 e. The Labute approximate surface area is 187 Å². The van der Waals surface area contributed by atoms with E-state index in [0.29, 0.717) is 40.6 Å². The van der Waals surface area contributed by atoms with Crippen LogP contribution in [0.15, 0.2) is 39.5 Å². The average molecular weight is 436 g/mol. The Morgan fingerprint density at radius 3 is 2.47 bits per heavy atom. The number of hydrogen-bond acceptors (Lipinski definition) is 5. The lowest BCUT2D eigenvalue weighted by Gasteiger charge is -2.21. The van der Waals surface area contributed by atoms with Crippen LogP contribution in [0.4, 0.5) is 0 Å². The van der Waals surface area contributed by atoms with Gasteiger partial charge in [0.1, 0.15) is 5.58 Å². The number of benzene rings is 2. The first-order valence-electron chi connectivity index (χ1n) is 10.9. The van der Waals surface area contributed by atoms with E-state index in [2.05, 4.69) is 13.8 Å². The summed E-state index contributed by atoms with van der Waals surface area (Å²) in [4.78, 5) is 28.0. The number of carbonyl (C=O) groups excluding carboxylic acids is 1. The van der Waals surface area contributed by atoms with Crippen molar-refractivity contribution in [3.63, 3.8) is 0 Å². The van der Waals surface area contributed by atoms with Gasteiger partial charge in [-0.2, -0.15) is 0 Å². The standard InChI is InChI=1S/C26H29NO5/c1-14(2)9-10-31-19-8-7-17(13-21(19)30-6)23-22-24(28)18-11-15(3)16(4)12-20(18)32-25(22)26(29)27(23)5/h7-8,11-14,23H,9-10H2,1-6H3. The molecule has 168 valence electrons. The number of ether oxygens (including phenoxy) is 2. The maximum atomic E-state index is 13.5. The quantitative estimate of drug-likeness (QED) is 0.544. The molecule has 32 heavy (non-hydrogen) atoms. The molecular formula is C26H29NO5. The Kier molecular flexibility index (Phi) is 5.71. The molecule has 4 rings (SSSR count). The summed E-state index contributed by atoms with van der Waals surface area (Å²) in [6, 6.07) is 8.64. The molecule has 2 heterocycles. The molecule has 1 aromatic heterocycles. The molecule has 0 bridgehead atoms. The summed E-state index contributed by atoms with van der Waals surface area (Å²) in [6.45, 7) is 8.79. The van der Waals surface area contributed by atoms with Crippen molar-refractivity contribution in [2.45, 2.75) is 40.2 Å². The van der Waals surface area contributed by atoms with E-state index in [1.54, 1.807) is 19.1 Å². The molecule has 1 unspecified atom stereocenters. The van der Waals surface area contributed by atoms with Gasteiger partial charge in [-0.15, -0.1) is 0 Å². The summed E-state index contributed by atoms with van der Waals surface area (Å²) in [6.07, 6.45) is 0.936. The molecular weight excluding hydrogens is 406 g/mol. The van der Waals surface area contributed by atoms with E-state index in [4.69, 9.17) is 13.9 Å². The molecule has 0 aliphatic carbocycles. The largest absolute Gasteiger partial charge is 0.493 e. The molecule has 0 fully saturated rings. The molecule has 0 saturated carbocycles. The third kappa shape index (κ3) is 3.64. The van der Waals surface area contributed by atoms with E-state index in [9.17, 15) is 9.59 Å². The minimum Gasteiger partial charge on any atom is -0.493 e. The minimum absolute atomic E-state index is 0.106. The number of hydrogen-bond donors (Lipinski definition) is 0. The van der Waals surface area contributed by atoms with Crippen LogP contribution < -0.4 is 14.9 Å². The molecule has 1 atom stereocenters. The zero-order valence-electron chi connectivity index (χ0n) is 19.4. The number of nitrogens with zero attached hydrogens (tertiary/aromatic N) is 1. The highest BCUT2D eigenvalue weighted by Crippen LogP contribution is 2.40. The number of amides is 1. The number of rotatable bonds is 6. The van der Waals surface area contributed by atoms with E-state index in [-0.39, 0.29) is 17.1 Å². The van der Waals surface area contributed by atoms with Gasteiger partial charge in [0.2, 0.25) is 5.76 Å². The zero-order valence-corrected chi connectivity index (χ0v) is 19.4. The highest BCUT2D eigenvalue weighted by atomic mass is 16.5. The van der Waals surface area contributed by atoms with E-state index in [1.165, 1.54) is 0 Å². The lowest BCUT2D eigenvalue weighted by molar-refractivity contribution is 0.0771. The number of carbonyl (C=O) groups is 1. The zero-order chi connectivity index (χ0) is 23.2. The van der Waals surface area contributed by atoms with Gasteiger partial charge in [-0.25, -0.2) is 0 Å². The van der Waals surface area contributed by atoms with E-state index < -0.39 is 6.04 Å². The SMILES string of the molecule is COc1cc(C2c3c(oc4cc(C)c(C)cc4c3=O)C(=O)N2C)ccc1OCCC(C)C. The summed E-state index contributed by atoms with van der Waals surface area (Å²) in [7, 11) is 3.27. The van der Waals surface area contributed by atoms with Gasteiger partial charge in [-0.3, -0.25) is 9.59 Å². The van der Waals surface area contributed by atoms with Crippen LogP contribution in [0, 0.1) is 19.8 Å². The van der Waals surface area contributed by atoms with Crippen molar-refractivity contribution in [1.82, 2.24) is 4.90 Å². The van der Waals surface area contributed by atoms with Crippen LogP contribution in [0.25, 0.3) is 11.0 Å². The highest BCUT2D eigenvalue weighted by molar-refractivity contribution is 5.99. The fourth-order valence-electron chi connectivity index (χ4n) is 4.11. The molecule has 3 aromatic rings. The first-order chi connectivity index (χ1) is 15.2. The van der Waals surface area contributed by atoms with Crippen LogP contribution >= 0.6 is 0 Å². The number of fused-ring (bicyclic) bond motifs is 2. The molecule has 0 saturated heterocycles. The third-order valence-corrected chi connectivity index (χ3v) is 6.17. The summed E-state index contributed by atoms with van der Waals surface area (Å²) in [5.74, 6) is 1.54. The van der Waals surface area contributed by atoms with Crippen molar-refractivity contribution in [2.24, 2.45) is 5.92 Å². The van der Waals surface area contributed by atoms with Gasteiger partial charge in [-0.1, -0.05) is 19.9 Å². The molecule has 0 N–H and O–H groups in total. The maximum absolute atomic E-state index is 13.5. The Balaban J connectivity index is 1.81. The average Bonchev–Trinajstić information content (AvgIpc) is 3.00. The van der Waals surface area contributed by atoms with Gasteiger partial charge in [0.05, 0.1) is 30.7 Å². The van der Waals surface area contributed by atoms with Gasteiger partial charge < -0.3 is 18.8 Å². The lowest BCUT2D eigenvalue weighted by atomic mass is 9.97. The second-order valence-corrected chi connectivity index (χ2v) is 8.87. The van der Waals surface area contributed by atoms with Crippen molar-refractivity contribution >= 4 is 16.9 Å². The lowest BCUT2D eigenvalue weighted by Crippen LogP contribution is -2.25. The van der Waals surface area contributed by atoms with E-state index in [1.807, 2.05) is 44.2 Å². The Morgan fingerprint density at radius 2 is 1.78 bits per heavy atom. The predicted octanol–water partition coefficient (Wildman–Crippen LogP) is 5.02. The topological polar surface area (TPSA) is 69.0 Å². The Morgan fingerprint density at radius 1 is 1.06 bits per heavy atom. The fraction of sp³-hybridized carbons (Fsp3) is 0.385. The van der Waals surface area contributed by atoms with E-state index >= 15 is 0 Å². The van der Waals surface area contributed by atoms with Crippen LogP contribution in [0.3, 0.4) is 0 Å². The summed E-state index contributed by atoms with van der Waals surface area (Å²) >= 11 is 0. The monoisotopic (exact) mass is 435 g/mol. The second kappa shape index (κ2) is 8.34. The molecule has 6 nitrogen and oxygen atoms in total. The van der Waals surface area contributed by atoms with Gasteiger partial charge in [0.25, 0.3) is 5.91 Å². The molecule has 1 aliphatic heterocycles. The summed E-state index contributed by atoms with van der Waals surface area (Å²) in [5.41, 5.74) is 3.40. The van der Waals surface area contributed by atoms with Crippen molar-refractivity contribution in [3.8, 4) is 11.5 Å².